The van der Waals surface area contributed by atoms with Crippen molar-refractivity contribution in [3.05, 3.63) is 52.5 Å². The Morgan fingerprint density at radius 3 is 2.64 bits per heavy atom. The molecule has 0 unspecified atom stereocenters. The van der Waals surface area contributed by atoms with Gasteiger partial charge in [0.25, 0.3) is 0 Å². The first-order chi connectivity index (χ1) is 13.6. The van der Waals surface area contributed by atoms with Crippen LogP contribution >= 0.6 is 15.9 Å². The Labute approximate surface area is 174 Å². The van der Waals surface area contributed by atoms with Gasteiger partial charge in [0.1, 0.15) is 11.5 Å². The molecular formula is C23H26BrNO3. The quantitative estimate of drug-likeness (QED) is 0.624. The summed E-state index contributed by atoms with van der Waals surface area (Å²) < 4.78 is 19.3. The number of halogens is 1. The molecule has 1 saturated heterocycles. The van der Waals surface area contributed by atoms with E-state index in [1.54, 1.807) is 7.11 Å². The summed E-state index contributed by atoms with van der Waals surface area (Å²) in [4.78, 5) is 0. The smallest absolute Gasteiger partial charge is 0.213 e. The summed E-state index contributed by atoms with van der Waals surface area (Å²) in [6, 6.07) is 14.5. The lowest BCUT2D eigenvalue weighted by atomic mass is 9.80. The highest BCUT2D eigenvalue weighted by molar-refractivity contribution is 9.10. The molecule has 0 amide bonds. The summed E-state index contributed by atoms with van der Waals surface area (Å²) in [5.41, 5.74) is 2.56. The summed E-state index contributed by atoms with van der Waals surface area (Å²) in [7, 11) is 1.69. The molecule has 4 nitrogen and oxygen atoms in total. The van der Waals surface area contributed by atoms with Gasteiger partial charge in [-0.15, -0.1) is 0 Å². The van der Waals surface area contributed by atoms with Crippen LogP contribution in [0.2, 0.25) is 0 Å². The van der Waals surface area contributed by atoms with E-state index >= 15 is 0 Å². The van der Waals surface area contributed by atoms with Crippen molar-refractivity contribution < 1.29 is 14.2 Å². The van der Waals surface area contributed by atoms with Gasteiger partial charge in [0.15, 0.2) is 0 Å². The molecule has 0 aromatic heterocycles. The number of benzene rings is 2. The van der Waals surface area contributed by atoms with Gasteiger partial charge in [0.05, 0.1) is 19.8 Å². The molecule has 2 spiro atoms. The Morgan fingerprint density at radius 1 is 1.11 bits per heavy atom. The van der Waals surface area contributed by atoms with Crippen molar-refractivity contribution in [3.8, 4) is 11.5 Å². The van der Waals surface area contributed by atoms with Crippen molar-refractivity contribution in [2.24, 2.45) is 5.41 Å². The number of hydrogen-bond donors (Lipinski definition) is 1. The second kappa shape index (κ2) is 6.96. The molecule has 2 aromatic carbocycles. The van der Waals surface area contributed by atoms with Crippen LogP contribution in [-0.2, 0) is 4.74 Å². The van der Waals surface area contributed by atoms with E-state index in [9.17, 15) is 0 Å². The molecule has 3 aliphatic rings. The van der Waals surface area contributed by atoms with Crippen molar-refractivity contribution in [1.82, 2.24) is 0 Å². The molecular weight excluding hydrogens is 418 g/mol. The number of methoxy groups -OCH3 is 1. The zero-order valence-corrected chi connectivity index (χ0v) is 17.8. The Hall–Kier alpha value is -1.72. The fraction of sp³-hybridized carbons (Fsp3) is 0.478. The highest BCUT2D eigenvalue weighted by Gasteiger charge is 2.55. The number of nitrogens with one attached hydrogen (secondary N) is 1. The molecule has 5 rings (SSSR count). The van der Waals surface area contributed by atoms with E-state index in [0.29, 0.717) is 5.41 Å². The molecule has 2 aliphatic heterocycles. The normalized spacial score (nSPS) is 27.6. The average Bonchev–Trinajstić information content (AvgIpc) is 3.30. The van der Waals surface area contributed by atoms with Gasteiger partial charge in [-0.25, -0.2) is 0 Å². The molecule has 0 bridgehead atoms. The molecule has 5 heteroatoms. The third kappa shape index (κ3) is 3.29. The number of hydrogen-bond acceptors (Lipinski definition) is 4. The predicted molar refractivity (Wildman–Crippen MR) is 113 cm³/mol. The molecule has 28 heavy (non-hydrogen) atoms. The lowest BCUT2D eigenvalue weighted by Gasteiger charge is -2.40. The Bertz CT molecular complexity index is 863. The fourth-order valence-electron chi connectivity index (χ4n) is 5.17. The monoisotopic (exact) mass is 443 g/mol. The van der Waals surface area contributed by atoms with Crippen molar-refractivity contribution in [1.29, 1.82) is 0 Å². The first-order valence-electron chi connectivity index (χ1n) is 10.1. The van der Waals surface area contributed by atoms with E-state index < -0.39 is 5.79 Å². The zero-order chi connectivity index (χ0) is 19.2. The maximum atomic E-state index is 6.52. The van der Waals surface area contributed by atoms with Crippen LogP contribution in [0, 0.1) is 5.41 Å². The summed E-state index contributed by atoms with van der Waals surface area (Å²) in [6.07, 6.45) is 6.97. The molecule has 148 valence electrons. The van der Waals surface area contributed by atoms with Gasteiger partial charge in [-0.1, -0.05) is 28.8 Å². The first kappa shape index (κ1) is 18.3. The largest absolute Gasteiger partial charge is 0.497 e. The van der Waals surface area contributed by atoms with E-state index in [4.69, 9.17) is 14.2 Å². The second-order valence-electron chi connectivity index (χ2n) is 8.50. The van der Waals surface area contributed by atoms with Crippen LogP contribution in [0.1, 0.15) is 50.1 Å². The van der Waals surface area contributed by atoms with E-state index in [0.717, 1.165) is 41.1 Å². The molecule has 0 radical (unpaired) electrons. The second-order valence-corrected chi connectivity index (χ2v) is 9.41. The van der Waals surface area contributed by atoms with E-state index in [1.807, 2.05) is 18.2 Å². The van der Waals surface area contributed by atoms with Crippen LogP contribution in [0.15, 0.2) is 46.9 Å². The van der Waals surface area contributed by atoms with Crippen LogP contribution < -0.4 is 14.8 Å². The third-order valence-corrected chi connectivity index (χ3v) is 7.03. The minimum Gasteiger partial charge on any atom is -0.497 e. The number of anilines is 1. The minimum absolute atomic E-state index is 0.131. The maximum absolute atomic E-state index is 6.52. The topological polar surface area (TPSA) is 39.7 Å². The maximum Gasteiger partial charge on any atom is 0.213 e. The SMILES string of the molecule is COc1ccc(N[C@@H]2C[C@@]3(CC4(CCCC4)CO3)Oc3ccc(Br)cc32)cc1. The van der Waals surface area contributed by atoms with Crippen LogP contribution in [0.3, 0.4) is 0 Å². The van der Waals surface area contributed by atoms with Crippen molar-refractivity contribution in [2.45, 2.75) is 50.4 Å². The van der Waals surface area contributed by atoms with Crippen molar-refractivity contribution >= 4 is 21.6 Å². The summed E-state index contributed by atoms with van der Waals surface area (Å²) in [6.45, 7) is 0.827. The number of ether oxygens (including phenoxy) is 3. The molecule has 2 aromatic rings. The Balaban J connectivity index is 1.45. The molecule has 2 atom stereocenters. The van der Waals surface area contributed by atoms with Gasteiger partial charge in [0.2, 0.25) is 5.79 Å². The van der Waals surface area contributed by atoms with Crippen LogP contribution in [-0.4, -0.2) is 19.5 Å². The molecule has 1 N–H and O–H groups in total. The average molecular weight is 444 g/mol. The Kier molecular flexibility index (Phi) is 4.55. The van der Waals surface area contributed by atoms with Crippen LogP contribution in [0.5, 0.6) is 11.5 Å². The van der Waals surface area contributed by atoms with E-state index in [2.05, 4.69) is 45.5 Å². The van der Waals surface area contributed by atoms with E-state index in [1.165, 1.54) is 31.2 Å². The van der Waals surface area contributed by atoms with Crippen LogP contribution in [0.4, 0.5) is 5.69 Å². The van der Waals surface area contributed by atoms with Crippen molar-refractivity contribution in [3.63, 3.8) is 0 Å². The standard InChI is InChI=1S/C23H26BrNO3/c1-26-18-7-5-17(6-8-18)25-20-13-23(14-22(15-27-23)10-2-3-11-22)28-21-9-4-16(24)12-19(20)21/h4-9,12,20,25H,2-3,10-11,13-15H2,1H3/t20-,23+/m1/s1. The third-order valence-electron chi connectivity index (χ3n) is 6.54. The van der Waals surface area contributed by atoms with Crippen LogP contribution in [0.25, 0.3) is 0 Å². The summed E-state index contributed by atoms with van der Waals surface area (Å²) in [5.74, 6) is 1.27. The highest BCUT2D eigenvalue weighted by Crippen LogP contribution is 2.55. The molecule has 2 heterocycles. The van der Waals surface area contributed by atoms with E-state index in [-0.39, 0.29) is 6.04 Å². The minimum atomic E-state index is -0.519. The summed E-state index contributed by atoms with van der Waals surface area (Å²) >= 11 is 3.61. The molecule has 1 saturated carbocycles. The highest BCUT2D eigenvalue weighted by atomic mass is 79.9. The lowest BCUT2D eigenvalue weighted by molar-refractivity contribution is -0.164. The van der Waals surface area contributed by atoms with Crippen molar-refractivity contribution in [2.75, 3.05) is 19.0 Å². The Morgan fingerprint density at radius 2 is 1.89 bits per heavy atom. The number of fused-ring (bicyclic) bond motifs is 1. The van der Waals surface area contributed by atoms with Gasteiger partial charge in [-0.05, 0) is 55.3 Å². The van der Waals surface area contributed by atoms with Gasteiger partial charge in [0, 0.05) is 34.0 Å². The zero-order valence-electron chi connectivity index (χ0n) is 16.2. The summed E-state index contributed by atoms with van der Waals surface area (Å²) in [5, 5.41) is 3.71. The lowest BCUT2D eigenvalue weighted by Crippen LogP contribution is -2.42. The predicted octanol–water partition coefficient (Wildman–Crippen LogP) is 6.07. The molecule has 1 aliphatic carbocycles. The fourth-order valence-corrected chi connectivity index (χ4v) is 5.54. The van der Waals surface area contributed by atoms with Gasteiger partial charge in [-0.3, -0.25) is 0 Å². The van der Waals surface area contributed by atoms with Gasteiger partial charge < -0.3 is 19.5 Å². The van der Waals surface area contributed by atoms with Gasteiger partial charge >= 0.3 is 0 Å². The van der Waals surface area contributed by atoms with Gasteiger partial charge in [-0.2, -0.15) is 0 Å². The molecule has 2 fully saturated rings. The number of rotatable bonds is 3. The first-order valence-corrected chi connectivity index (χ1v) is 10.9.